The molecule has 72 valence electrons. The van der Waals surface area contributed by atoms with Gasteiger partial charge in [-0.2, -0.15) is 4.98 Å². The average Bonchev–Trinajstić information content (AvgIpc) is 2.09. The molecule has 0 aliphatic rings. The third-order valence-electron chi connectivity index (χ3n) is 1.33. The minimum Gasteiger partial charge on any atom is -0.409 e. The molecule has 1 aromatic rings. The fraction of sp³-hybridized carbons (Fsp3) is 0.429. The van der Waals surface area contributed by atoms with Crippen LogP contribution in [0.4, 0.5) is 5.82 Å². The van der Waals surface area contributed by atoms with Gasteiger partial charge in [-0.3, -0.25) is 0 Å². The van der Waals surface area contributed by atoms with Gasteiger partial charge in [0.1, 0.15) is 12.4 Å². The van der Waals surface area contributed by atoms with Gasteiger partial charge < -0.3 is 15.7 Å². The van der Waals surface area contributed by atoms with E-state index in [0.29, 0.717) is 6.42 Å². The van der Waals surface area contributed by atoms with Gasteiger partial charge in [-0.25, -0.2) is 4.79 Å². The van der Waals surface area contributed by atoms with Crippen molar-refractivity contribution in [2.45, 2.75) is 6.42 Å². The van der Waals surface area contributed by atoms with Crippen LogP contribution in [0, 0.1) is 0 Å². The highest BCUT2D eigenvalue weighted by atomic mass is 16.7. The van der Waals surface area contributed by atoms with Gasteiger partial charge in [0, 0.05) is 19.1 Å². The molecule has 0 atom stereocenters. The Hall–Kier alpha value is -1.56. The van der Waals surface area contributed by atoms with Crippen LogP contribution in [0.5, 0.6) is 0 Å². The SMILES string of the molecule is Nc1ccn(OCCCO)c(=O)n1. The van der Waals surface area contributed by atoms with E-state index in [0.717, 1.165) is 4.73 Å². The minimum atomic E-state index is -0.557. The van der Waals surface area contributed by atoms with Crippen molar-refractivity contribution >= 4 is 5.82 Å². The molecule has 1 aromatic heterocycles. The molecule has 0 aliphatic carbocycles. The van der Waals surface area contributed by atoms with Crippen molar-refractivity contribution in [1.29, 1.82) is 0 Å². The van der Waals surface area contributed by atoms with Crippen LogP contribution in [-0.4, -0.2) is 28.0 Å². The quantitative estimate of drug-likeness (QED) is 0.565. The maximum atomic E-state index is 11.0. The van der Waals surface area contributed by atoms with E-state index in [1.54, 1.807) is 0 Å². The predicted octanol–water partition coefficient (Wildman–Crippen LogP) is -1.36. The zero-order valence-corrected chi connectivity index (χ0v) is 7.01. The Labute approximate surface area is 74.5 Å². The highest BCUT2D eigenvalue weighted by molar-refractivity contribution is 5.23. The molecule has 0 radical (unpaired) electrons. The number of nitrogen functional groups attached to an aromatic ring is 1. The number of aliphatic hydroxyl groups excluding tert-OH is 1. The third kappa shape index (κ3) is 2.75. The summed E-state index contributed by atoms with van der Waals surface area (Å²) in [5.74, 6) is 0.159. The number of aliphatic hydroxyl groups is 1. The maximum absolute atomic E-state index is 11.0. The molecule has 1 rings (SSSR count). The van der Waals surface area contributed by atoms with Crippen LogP contribution in [-0.2, 0) is 0 Å². The van der Waals surface area contributed by atoms with Crippen molar-refractivity contribution in [2.75, 3.05) is 18.9 Å². The minimum absolute atomic E-state index is 0.0250. The lowest BCUT2D eigenvalue weighted by Gasteiger charge is -2.05. The molecular weight excluding hydrogens is 174 g/mol. The normalized spacial score (nSPS) is 9.92. The Morgan fingerprint density at radius 2 is 2.46 bits per heavy atom. The first kappa shape index (κ1) is 9.53. The standard InChI is InChI=1S/C7H11N3O3/c8-6-2-3-10(7(12)9-6)13-5-1-4-11/h2-3,11H,1,4-5H2,(H2,8,9,12). The van der Waals surface area contributed by atoms with Crippen molar-refractivity contribution < 1.29 is 9.94 Å². The molecule has 0 fully saturated rings. The van der Waals surface area contributed by atoms with E-state index in [2.05, 4.69) is 4.98 Å². The topological polar surface area (TPSA) is 90.4 Å². The van der Waals surface area contributed by atoms with Gasteiger partial charge in [0.15, 0.2) is 0 Å². The summed E-state index contributed by atoms with van der Waals surface area (Å²) in [6.07, 6.45) is 1.86. The first-order valence-corrected chi connectivity index (χ1v) is 3.83. The average molecular weight is 185 g/mol. The second-order valence-electron chi connectivity index (χ2n) is 2.37. The van der Waals surface area contributed by atoms with Crippen molar-refractivity contribution in [3.05, 3.63) is 22.7 Å². The zero-order valence-electron chi connectivity index (χ0n) is 7.01. The zero-order chi connectivity index (χ0) is 9.68. The number of nitrogens with zero attached hydrogens (tertiary/aromatic N) is 2. The number of hydrogen-bond acceptors (Lipinski definition) is 5. The highest BCUT2D eigenvalue weighted by Gasteiger charge is 1.96. The molecule has 0 saturated carbocycles. The number of rotatable bonds is 4. The fourth-order valence-electron chi connectivity index (χ4n) is 0.731. The molecule has 0 amide bonds. The molecule has 0 bridgehead atoms. The summed E-state index contributed by atoms with van der Waals surface area (Å²) < 4.78 is 0.978. The molecule has 0 aromatic carbocycles. The molecular formula is C7H11N3O3. The number of hydrogen-bond donors (Lipinski definition) is 2. The summed E-state index contributed by atoms with van der Waals surface area (Å²) in [6, 6.07) is 1.46. The van der Waals surface area contributed by atoms with Crippen molar-refractivity contribution in [1.82, 2.24) is 9.71 Å². The molecule has 0 aliphatic heterocycles. The van der Waals surface area contributed by atoms with Gasteiger partial charge in [0.2, 0.25) is 0 Å². The van der Waals surface area contributed by atoms with E-state index in [1.807, 2.05) is 0 Å². The summed E-state index contributed by atoms with van der Waals surface area (Å²) in [7, 11) is 0. The van der Waals surface area contributed by atoms with Gasteiger partial charge in [0.25, 0.3) is 0 Å². The molecule has 3 N–H and O–H groups in total. The van der Waals surface area contributed by atoms with Crippen LogP contribution >= 0.6 is 0 Å². The molecule has 13 heavy (non-hydrogen) atoms. The first-order valence-electron chi connectivity index (χ1n) is 3.83. The molecule has 6 heteroatoms. The van der Waals surface area contributed by atoms with Gasteiger partial charge in [-0.05, 0) is 0 Å². The van der Waals surface area contributed by atoms with Gasteiger partial charge in [0.05, 0.1) is 6.20 Å². The van der Waals surface area contributed by atoms with Gasteiger partial charge in [-0.1, -0.05) is 0 Å². The maximum Gasteiger partial charge on any atom is 0.382 e. The number of nitrogens with two attached hydrogens (primary N) is 1. The Kier molecular flexibility index (Phi) is 3.27. The van der Waals surface area contributed by atoms with E-state index in [9.17, 15) is 4.79 Å². The second-order valence-corrected chi connectivity index (χ2v) is 2.37. The lowest BCUT2D eigenvalue weighted by molar-refractivity contribution is 0.0858. The van der Waals surface area contributed by atoms with E-state index >= 15 is 0 Å². The summed E-state index contributed by atoms with van der Waals surface area (Å²) in [4.78, 5) is 19.4. The smallest absolute Gasteiger partial charge is 0.382 e. The Bertz CT molecular complexity index is 323. The molecule has 1 heterocycles. The van der Waals surface area contributed by atoms with Crippen molar-refractivity contribution in [3.8, 4) is 0 Å². The summed E-state index contributed by atoms with van der Waals surface area (Å²) in [5.41, 5.74) is 4.70. The van der Waals surface area contributed by atoms with E-state index in [-0.39, 0.29) is 19.0 Å². The Morgan fingerprint density at radius 3 is 3.08 bits per heavy atom. The van der Waals surface area contributed by atoms with Gasteiger partial charge in [-0.15, -0.1) is 4.73 Å². The number of aromatic nitrogens is 2. The van der Waals surface area contributed by atoms with Crippen LogP contribution in [0.3, 0.4) is 0 Å². The molecule has 0 saturated heterocycles. The van der Waals surface area contributed by atoms with Crippen LogP contribution in [0.1, 0.15) is 6.42 Å². The van der Waals surface area contributed by atoms with Crippen LogP contribution in [0.15, 0.2) is 17.1 Å². The van der Waals surface area contributed by atoms with Crippen LogP contribution in [0.25, 0.3) is 0 Å². The highest BCUT2D eigenvalue weighted by Crippen LogP contribution is 1.87. The molecule has 0 unspecified atom stereocenters. The van der Waals surface area contributed by atoms with Crippen molar-refractivity contribution in [2.24, 2.45) is 0 Å². The summed E-state index contributed by atoms with van der Waals surface area (Å²) in [6.45, 7) is 0.291. The lowest BCUT2D eigenvalue weighted by atomic mass is 10.5. The Balaban J connectivity index is 2.62. The van der Waals surface area contributed by atoms with Crippen molar-refractivity contribution in [3.63, 3.8) is 0 Å². The van der Waals surface area contributed by atoms with Crippen LogP contribution in [0.2, 0.25) is 0 Å². The lowest BCUT2D eigenvalue weighted by Crippen LogP contribution is -2.29. The van der Waals surface area contributed by atoms with E-state index in [4.69, 9.17) is 15.7 Å². The Morgan fingerprint density at radius 1 is 1.69 bits per heavy atom. The van der Waals surface area contributed by atoms with Crippen LogP contribution < -0.4 is 16.3 Å². The fourth-order valence-corrected chi connectivity index (χ4v) is 0.731. The predicted molar refractivity (Wildman–Crippen MR) is 46.1 cm³/mol. The monoisotopic (exact) mass is 185 g/mol. The molecule has 0 spiro atoms. The van der Waals surface area contributed by atoms with E-state index < -0.39 is 5.69 Å². The summed E-state index contributed by atoms with van der Waals surface area (Å²) >= 11 is 0. The number of anilines is 1. The van der Waals surface area contributed by atoms with Gasteiger partial charge >= 0.3 is 5.69 Å². The van der Waals surface area contributed by atoms with E-state index in [1.165, 1.54) is 12.3 Å². The second kappa shape index (κ2) is 4.46. The molecule has 6 nitrogen and oxygen atoms in total. The first-order chi connectivity index (χ1) is 6.24. The summed E-state index contributed by atoms with van der Waals surface area (Å²) in [5, 5.41) is 8.45. The third-order valence-corrected chi connectivity index (χ3v) is 1.33. The largest absolute Gasteiger partial charge is 0.409 e.